The molecule has 0 saturated heterocycles. The van der Waals surface area contributed by atoms with Crippen molar-refractivity contribution < 1.29 is 13.2 Å². The first-order chi connectivity index (χ1) is 5.52. The Morgan fingerprint density at radius 3 is 2.50 bits per heavy atom. The zero-order valence-electron chi connectivity index (χ0n) is 5.49. The Morgan fingerprint density at radius 1 is 1.50 bits per heavy atom. The van der Waals surface area contributed by atoms with E-state index >= 15 is 0 Å². The summed E-state index contributed by atoms with van der Waals surface area (Å²) in [5, 5.41) is 0. The number of aromatic nitrogens is 1. The molecule has 0 unspecified atom stereocenters. The topological polar surface area (TPSA) is 12.9 Å². The molecule has 1 rings (SSSR count). The Kier molecular flexibility index (Phi) is 3.33. The number of hydrogen-bond donors (Lipinski definition) is 0. The van der Waals surface area contributed by atoms with Crippen LogP contribution in [-0.2, 0) is 0 Å². The van der Waals surface area contributed by atoms with Gasteiger partial charge in [-0.15, -0.1) is 0 Å². The molecule has 0 fully saturated rings. The van der Waals surface area contributed by atoms with Crippen LogP contribution in [0.25, 0.3) is 0 Å². The van der Waals surface area contributed by atoms with Crippen molar-refractivity contribution >= 4 is 38.5 Å². The summed E-state index contributed by atoms with van der Waals surface area (Å²) in [5.41, 5.74) is -0.685. The first kappa shape index (κ1) is 10.2. The molecule has 0 N–H and O–H groups in total. The van der Waals surface area contributed by atoms with Gasteiger partial charge in [-0.1, -0.05) is 15.9 Å². The molecule has 66 valence electrons. The number of nitrogens with zero attached hydrogens (tertiary/aromatic N) is 1. The third-order valence-electron chi connectivity index (χ3n) is 1.15. The van der Waals surface area contributed by atoms with E-state index in [9.17, 15) is 13.2 Å². The highest BCUT2D eigenvalue weighted by atomic mass is 127. The second-order valence-electron chi connectivity index (χ2n) is 1.93. The lowest BCUT2D eigenvalue weighted by molar-refractivity contribution is 0.144. The molecule has 0 bridgehead atoms. The van der Waals surface area contributed by atoms with Crippen LogP contribution in [0.4, 0.5) is 13.2 Å². The quantitative estimate of drug-likeness (QED) is 0.557. The third-order valence-corrected chi connectivity index (χ3v) is 2.36. The SMILES string of the molecule is Fc1nc(I)cc(Br)c1C(F)F. The minimum Gasteiger partial charge on any atom is -0.213 e. The summed E-state index contributed by atoms with van der Waals surface area (Å²) in [6.45, 7) is 0. The van der Waals surface area contributed by atoms with Gasteiger partial charge in [0.15, 0.2) is 0 Å². The van der Waals surface area contributed by atoms with Gasteiger partial charge in [0, 0.05) is 4.47 Å². The minimum absolute atomic E-state index is 0.0504. The van der Waals surface area contributed by atoms with Crippen LogP contribution in [-0.4, -0.2) is 4.98 Å². The molecule has 6 heteroatoms. The van der Waals surface area contributed by atoms with Crippen molar-refractivity contribution in [2.75, 3.05) is 0 Å². The van der Waals surface area contributed by atoms with Crippen molar-refractivity contribution in [1.82, 2.24) is 4.98 Å². The molecule has 1 nitrogen and oxygen atoms in total. The van der Waals surface area contributed by atoms with E-state index in [0.29, 0.717) is 3.70 Å². The Hall–Kier alpha value is 0.150. The monoisotopic (exact) mass is 351 g/mol. The Bertz CT molecular complexity index is 282. The molecule has 0 aliphatic heterocycles. The maximum absolute atomic E-state index is 12.7. The lowest BCUT2D eigenvalue weighted by atomic mass is 10.3. The molecule has 1 aromatic heterocycles. The van der Waals surface area contributed by atoms with E-state index in [4.69, 9.17) is 0 Å². The van der Waals surface area contributed by atoms with Crippen LogP contribution in [0.5, 0.6) is 0 Å². The Morgan fingerprint density at radius 2 is 2.08 bits per heavy atom. The predicted molar refractivity (Wildman–Crippen MR) is 49.6 cm³/mol. The molecule has 0 saturated carbocycles. The smallest absolute Gasteiger partial charge is 0.213 e. The fourth-order valence-electron chi connectivity index (χ4n) is 0.661. The highest BCUT2D eigenvalue weighted by Gasteiger charge is 2.18. The molecular formula is C6H2BrF3IN. The molecule has 0 aromatic carbocycles. The maximum atomic E-state index is 12.7. The minimum atomic E-state index is -2.84. The summed E-state index contributed by atoms with van der Waals surface area (Å²) >= 11 is 4.58. The van der Waals surface area contributed by atoms with E-state index in [-0.39, 0.29) is 4.47 Å². The van der Waals surface area contributed by atoms with Crippen molar-refractivity contribution in [2.24, 2.45) is 0 Å². The van der Waals surface area contributed by atoms with Crippen LogP contribution in [0.2, 0.25) is 0 Å². The number of hydrogen-bond acceptors (Lipinski definition) is 1. The van der Waals surface area contributed by atoms with Gasteiger partial charge in [0.05, 0.1) is 5.56 Å². The predicted octanol–water partition coefficient (Wildman–Crippen LogP) is 3.53. The van der Waals surface area contributed by atoms with Gasteiger partial charge in [0.25, 0.3) is 6.43 Å². The molecular weight excluding hydrogens is 350 g/mol. The summed E-state index contributed by atoms with van der Waals surface area (Å²) in [4.78, 5) is 3.27. The van der Waals surface area contributed by atoms with Crippen molar-refractivity contribution in [2.45, 2.75) is 6.43 Å². The van der Waals surface area contributed by atoms with Gasteiger partial charge in [-0.2, -0.15) is 4.39 Å². The van der Waals surface area contributed by atoms with E-state index in [1.807, 2.05) is 0 Å². The second-order valence-corrected chi connectivity index (χ2v) is 3.89. The van der Waals surface area contributed by atoms with Crippen molar-refractivity contribution in [3.05, 3.63) is 25.8 Å². The maximum Gasteiger partial charge on any atom is 0.269 e. The van der Waals surface area contributed by atoms with Crippen LogP contribution in [0.1, 0.15) is 12.0 Å². The highest BCUT2D eigenvalue weighted by molar-refractivity contribution is 14.1. The van der Waals surface area contributed by atoms with Gasteiger partial charge < -0.3 is 0 Å². The Labute approximate surface area is 88.6 Å². The highest BCUT2D eigenvalue weighted by Crippen LogP contribution is 2.29. The third kappa shape index (κ3) is 2.09. The fourth-order valence-corrected chi connectivity index (χ4v) is 2.17. The largest absolute Gasteiger partial charge is 0.269 e. The summed E-state index contributed by atoms with van der Waals surface area (Å²) in [6, 6.07) is 1.34. The van der Waals surface area contributed by atoms with E-state index in [1.54, 1.807) is 22.6 Å². The average Bonchev–Trinajstić information content (AvgIpc) is 1.82. The normalized spacial score (nSPS) is 10.8. The van der Waals surface area contributed by atoms with Gasteiger partial charge in [-0.25, -0.2) is 13.8 Å². The van der Waals surface area contributed by atoms with Crippen LogP contribution in [0.3, 0.4) is 0 Å². The first-order valence-electron chi connectivity index (χ1n) is 2.82. The molecule has 1 aromatic rings. The molecule has 0 amide bonds. The molecule has 12 heavy (non-hydrogen) atoms. The molecule has 1 heterocycles. The number of halogens is 5. The van der Waals surface area contributed by atoms with Gasteiger partial charge in [-0.3, -0.25) is 0 Å². The summed E-state index contributed by atoms with van der Waals surface area (Å²) in [7, 11) is 0. The van der Waals surface area contributed by atoms with Crippen LogP contribution in [0, 0.1) is 9.65 Å². The summed E-state index contributed by atoms with van der Waals surface area (Å²) in [6.07, 6.45) is -2.84. The molecule has 0 aliphatic carbocycles. The first-order valence-corrected chi connectivity index (χ1v) is 4.69. The molecule has 0 aliphatic rings. The fraction of sp³-hybridized carbons (Fsp3) is 0.167. The van der Waals surface area contributed by atoms with Crippen molar-refractivity contribution in [3.8, 4) is 0 Å². The van der Waals surface area contributed by atoms with E-state index < -0.39 is 17.9 Å². The summed E-state index contributed by atoms with van der Waals surface area (Å²) in [5.74, 6) is -1.12. The van der Waals surface area contributed by atoms with Gasteiger partial charge >= 0.3 is 0 Å². The van der Waals surface area contributed by atoms with Crippen LogP contribution >= 0.6 is 38.5 Å². The number of pyridine rings is 1. The lowest BCUT2D eigenvalue weighted by Gasteiger charge is -2.03. The van der Waals surface area contributed by atoms with Crippen LogP contribution in [0.15, 0.2) is 10.5 Å². The van der Waals surface area contributed by atoms with E-state index in [1.165, 1.54) is 6.07 Å². The zero-order chi connectivity index (χ0) is 9.30. The van der Waals surface area contributed by atoms with Crippen molar-refractivity contribution in [3.63, 3.8) is 0 Å². The molecule has 0 spiro atoms. The van der Waals surface area contributed by atoms with Gasteiger partial charge in [0.2, 0.25) is 5.95 Å². The lowest BCUT2D eigenvalue weighted by Crippen LogP contribution is -1.97. The van der Waals surface area contributed by atoms with Gasteiger partial charge in [-0.05, 0) is 28.7 Å². The van der Waals surface area contributed by atoms with Crippen LogP contribution < -0.4 is 0 Å². The molecule has 0 radical (unpaired) electrons. The van der Waals surface area contributed by atoms with E-state index in [2.05, 4.69) is 20.9 Å². The second kappa shape index (κ2) is 3.91. The standard InChI is InChI=1S/C6H2BrF3IN/c7-2-1-3(11)12-6(10)4(2)5(8)9/h1,5H. The average molecular weight is 352 g/mol. The van der Waals surface area contributed by atoms with E-state index in [0.717, 1.165) is 0 Å². The number of rotatable bonds is 1. The Balaban J connectivity index is 3.28. The van der Waals surface area contributed by atoms with Gasteiger partial charge in [0.1, 0.15) is 3.70 Å². The van der Waals surface area contributed by atoms with Crippen molar-refractivity contribution in [1.29, 1.82) is 0 Å². The summed E-state index contributed by atoms with van der Waals surface area (Å²) < 4.78 is 37.3. The molecule has 0 atom stereocenters. The zero-order valence-corrected chi connectivity index (χ0v) is 9.24. The number of alkyl halides is 2.